The van der Waals surface area contributed by atoms with Crippen LogP contribution in [0.5, 0.6) is 0 Å². The highest BCUT2D eigenvalue weighted by Crippen LogP contribution is 2.13. The molecular weight excluding hydrogens is 196 g/mol. The van der Waals surface area contributed by atoms with Gasteiger partial charge >= 0.3 is 9.75 Å². The Bertz CT molecular complexity index is 179. The molecule has 5 heteroatoms. The fourth-order valence-corrected chi connectivity index (χ4v) is 2.68. The lowest BCUT2D eigenvalue weighted by molar-refractivity contribution is 0.180. The Morgan fingerprint density at radius 2 is 2.00 bits per heavy atom. The lowest BCUT2D eigenvalue weighted by atomic mass is 10.6. The van der Waals surface area contributed by atoms with E-state index in [4.69, 9.17) is 4.74 Å². The van der Waals surface area contributed by atoms with Gasteiger partial charge in [0.05, 0.1) is 6.61 Å². The highest BCUT2D eigenvalue weighted by Gasteiger charge is 2.41. The third-order valence-electron chi connectivity index (χ3n) is 1.10. The van der Waals surface area contributed by atoms with Crippen molar-refractivity contribution in [3.05, 3.63) is 0 Å². The van der Waals surface area contributed by atoms with Crippen LogP contribution >= 0.6 is 12.6 Å². The normalized spacial score (nSPS) is 12.8. The minimum Gasteiger partial charge on any atom is -0.426 e. The van der Waals surface area contributed by atoms with Gasteiger partial charge in [0, 0.05) is 0 Å². The zero-order chi connectivity index (χ0) is 9.72. The number of carbonyl (C=O) groups excluding carboxylic acids is 2. The fourth-order valence-electron chi connectivity index (χ4n) is 0.647. The van der Waals surface area contributed by atoms with Gasteiger partial charge in [-0.2, -0.15) is 4.79 Å². The minimum absolute atomic E-state index is 0.0333. The second kappa shape index (κ2) is 5.48. The van der Waals surface area contributed by atoms with Gasteiger partial charge < -0.3 is 4.74 Å². The van der Waals surface area contributed by atoms with E-state index in [1.807, 2.05) is 0 Å². The first kappa shape index (κ1) is 11.8. The molecule has 0 aliphatic heterocycles. The summed E-state index contributed by atoms with van der Waals surface area (Å²) in [6.45, 7) is 5.61. The van der Waals surface area contributed by atoms with E-state index in [1.54, 1.807) is 20.8 Å². The molecule has 3 nitrogen and oxygen atoms in total. The minimum atomic E-state index is -1.01. The predicted molar refractivity (Wildman–Crippen MR) is 53.9 cm³/mol. The average molecular weight is 209 g/mol. The van der Waals surface area contributed by atoms with E-state index >= 15 is 0 Å². The van der Waals surface area contributed by atoms with Crippen LogP contribution < -0.4 is 0 Å². The quantitative estimate of drug-likeness (QED) is 0.431. The van der Waals surface area contributed by atoms with Crippen LogP contribution in [-0.2, 0) is 15.6 Å². The van der Waals surface area contributed by atoms with Gasteiger partial charge in [0.2, 0.25) is 0 Å². The predicted octanol–water partition coefficient (Wildman–Crippen LogP) is 2.22. The van der Waals surface area contributed by atoms with Gasteiger partial charge in [-0.1, -0.05) is 0 Å². The summed E-state index contributed by atoms with van der Waals surface area (Å²) in [5.41, 5.74) is 0. The van der Waals surface area contributed by atoms with Crippen LogP contribution in [0.2, 0.25) is 0 Å². The first-order valence-corrected chi connectivity index (χ1v) is 5.37. The van der Waals surface area contributed by atoms with E-state index in [0.29, 0.717) is 6.61 Å². The van der Waals surface area contributed by atoms with Crippen LogP contribution in [0.4, 0.5) is 9.59 Å². The van der Waals surface area contributed by atoms with E-state index in [9.17, 15) is 9.59 Å². The largest absolute Gasteiger partial charge is 0.535 e. The molecule has 1 atom stereocenters. The Labute approximate surface area is 80.6 Å². The monoisotopic (exact) mass is 209 g/mol. The summed E-state index contributed by atoms with van der Waals surface area (Å²) in [7, 11) is -1.01. The maximum atomic E-state index is 11.1. The molecule has 0 spiro atoms. The van der Waals surface area contributed by atoms with Crippen LogP contribution in [0.25, 0.3) is 0 Å². The average Bonchev–Trinajstić information content (AvgIpc) is 1.85. The number of rotatable bonds is 2. The molecule has 0 bridgehead atoms. The van der Waals surface area contributed by atoms with E-state index < -0.39 is 20.6 Å². The van der Waals surface area contributed by atoms with Crippen LogP contribution in [0, 0.1) is 0 Å². The first-order valence-electron chi connectivity index (χ1n) is 3.63. The Hall–Kier alpha value is -0.160. The van der Waals surface area contributed by atoms with Crippen LogP contribution in [0.3, 0.4) is 0 Å². The molecule has 1 unspecified atom stereocenters. The third-order valence-corrected chi connectivity index (χ3v) is 3.49. The van der Waals surface area contributed by atoms with Crippen molar-refractivity contribution in [2.45, 2.75) is 26.0 Å². The van der Waals surface area contributed by atoms with Gasteiger partial charge in [-0.05, 0) is 33.4 Å². The summed E-state index contributed by atoms with van der Waals surface area (Å²) in [6.07, 6.45) is 0. The van der Waals surface area contributed by atoms with Crippen molar-refractivity contribution in [1.29, 1.82) is 0 Å². The molecule has 0 N–H and O–H groups in total. The molecular formula is C7H13O3S2+. The van der Waals surface area contributed by atoms with Crippen molar-refractivity contribution in [3.63, 3.8) is 0 Å². The summed E-state index contributed by atoms with van der Waals surface area (Å²) < 4.78 is 4.33. The zero-order valence-electron chi connectivity index (χ0n) is 7.36. The molecule has 0 aromatic heterocycles. The second-order valence-electron chi connectivity index (χ2n) is 2.34. The summed E-state index contributed by atoms with van der Waals surface area (Å²) in [6, 6.07) is 0. The molecule has 0 heterocycles. The number of hydrogen-bond acceptors (Lipinski definition) is 3. The Morgan fingerprint density at radius 1 is 1.50 bits per heavy atom. The Morgan fingerprint density at radius 3 is 2.25 bits per heavy atom. The Kier molecular flexibility index (Phi) is 5.41. The lowest BCUT2D eigenvalue weighted by Crippen LogP contribution is -2.29. The molecule has 0 aromatic carbocycles. The highest BCUT2D eigenvalue weighted by atomic mass is 32.2. The summed E-state index contributed by atoms with van der Waals surface area (Å²) in [5, 5.41) is -0.485. The topological polar surface area (TPSA) is 43.4 Å². The Balaban J connectivity index is 4.30. The third kappa shape index (κ3) is 3.49. The molecule has 0 fully saturated rings. The fraction of sp³-hybridized carbons (Fsp3) is 0.714. The van der Waals surface area contributed by atoms with Gasteiger partial charge in [-0.15, -0.1) is 0 Å². The molecule has 0 saturated heterocycles. The van der Waals surface area contributed by atoms with Crippen LogP contribution in [0.15, 0.2) is 0 Å². The molecule has 12 heavy (non-hydrogen) atoms. The van der Waals surface area contributed by atoms with E-state index in [2.05, 4.69) is 12.6 Å². The van der Waals surface area contributed by atoms with Crippen molar-refractivity contribution < 1.29 is 14.3 Å². The molecule has 0 aromatic rings. The maximum Gasteiger partial charge on any atom is 0.535 e. The summed E-state index contributed by atoms with van der Waals surface area (Å²) in [5.74, 6) is 0. The van der Waals surface area contributed by atoms with Gasteiger partial charge in [-0.25, -0.2) is 4.79 Å². The lowest BCUT2D eigenvalue weighted by Gasteiger charge is -2.03. The number of hydrogen-bond donors (Lipinski definition) is 1. The number of carbonyl (C=O) groups is 2. The van der Waals surface area contributed by atoms with Gasteiger partial charge in [-0.3, -0.25) is 0 Å². The molecule has 0 amide bonds. The molecule has 0 saturated carbocycles. The maximum absolute atomic E-state index is 11.1. The molecule has 70 valence electrons. The summed E-state index contributed by atoms with van der Waals surface area (Å²) >= 11 is 3.64. The molecule has 0 radical (unpaired) electrons. The number of thiol groups is 1. The SMILES string of the molecule is CCOC(=O)[S+](C(=O)S)C(C)C. The van der Waals surface area contributed by atoms with E-state index in [0.717, 1.165) is 0 Å². The van der Waals surface area contributed by atoms with Crippen molar-refractivity contribution in [2.24, 2.45) is 0 Å². The highest BCUT2D eigenvalue weighted by molar-refractivity contribution is 8.37. The molecule has 0 rings (SSSR count). The zero-order valence-corrected chi connectivity index (χ0v) is 9.08. The standard InChI is InChI=1S/C7H12O3S2/c1-4-10-6(8)12(5(2)3)7(9)11/h5H,4H2,1-3H3/p+1. The summed E-state index contributed by atoms with van der Waals surface area (Å²) in [4.78, 5) is 22.0. The van der Waals surface area contributed by atoms with E-state index in [1.165, 1.54) is 0 Å². The second-order valence-corrected chi connectivity index (χ2v) is 5.37. The van der Waals surface area contributed by atoms with Crippen molar-refractivity contribution in [2.75, 3.05) is 6.61 Å². The van der Waals surface area contributed by atoms with Crippen molar-refractivity contribution >= 4 is 33.3 Å². The van der Waals surface area contributed by atoms with E-state index in [-0.39, 0.29) is 5.25 Å². The van der Waals surface area contributed by atoms with Crippen LogP contribution in [0.1, 0.15) is 20.8 Å². The van der Waals surface area contributed by atoms with Crippen LogP contribution in [-0.4, -0.2) is 21.6 Å². The molecule has 0 aliphatic rings. The van der Waals surface area contributed by atoms with Gasteiger partial charge in [0.15, 0.2) is 10.9 Å². The molecule has 0 aliphatic carbocycles. The van der Waals surface area contributed by atoms with Crippen molar-refractivity contribution in [3.8, 4) is 0 Å². The van der Waals surface area contributed by atoms with Crippen molar-refractivity contribution in [1.82, 2.24) is 0 Å². The first-order chi connectivity index (χ1) is 5.50. The van der Waals surface area contributed by atoms with Gasteiger partial charge in [0.25, 0.3) is 0 Å². The smallest absolute Gasteiger partial charge is 0.426 e. The number of ether oxygens (including phenoxy) is 1. The van der Waals surface area contributed by atoms with Gasteiger partial charge in [0.1, 0.15) is 5.25 Å².